The standard InChI is InChI=1S/4C34H29F2N/c1-34(2,3)37(32-17-11-10-16-30(32)35)33-29(27-14-8-5-9-15-27)22-28(23-31(33)36)26-20-18-25(19-21-26)24-12-6-4-7-13-24;1-34(2,3)37(32-17-11-10-16-30(32)35)33-23-29(26-14-8-5-9-15-26)28(22-31(33)36)27-20-18-25(19-21-27)24-12-6-4-7-13-24;1-34(2,3)37(31-17-11-10-16-30(31)35)32-23-28(25-14-8-5-9-15-25)22-29(33(32)36)27-20-18-26(19-21-27)24-12-6-4-7-13-24;1-34(2,3)37(31-17-11-10-16-29(31)35)33-30(36)23-22-28(26-14-8-5-9-15-26)32(33)27-20-18-25(19-21-27)24-12-6-4-7-13-24/h4*4-23H,1-3H3. The molecule has 0 spiro atoms. The first-order chi connectivity index (χ1) is 71.3. The number of hydrogen-bond donors (Lipinski definition) is 0. The summed E-state index contributed by atoms with van der Waals surface area (Å²) in [6.07, 6.45) is 0. The number of para-hydroxylation sites is 4. The van der Waals surface area contributed by atoms with Gasteiger partial charge in [0, 0.05) is 38.8 Å². The van der Waals surface area contributed by atoms with Gasteiger partial charge < -0.3 is 19.6 Å². The maximum Gasteiger partial charge on any atom is 0.154 e. The zero-order valence-corrected chi connectivity index (χ0v) is 85.0. The van der Waals surface area contributed by atoms with Gasteiger partial charge in [0.2, 0.25) is 0 Å². The molecule has 0 amide bonds. The molecule has 20 aromatic rings. The molecule has 12 heteroatoms. The molecule has 0 heterocycles. The van der Waals surface area contributed by atoms with Crippen LogP contribution in [0.2, 0.25) is 0 Å². The molecule has 0 N–H and O–H groups in total. The normalized spacial score (nSPS) is 11.4. The average molecular weight is 1960 g/mol. The van der Waals surface area contributed by atoms with Gasteiger partial charge in [-0.2, -0.15) is 0 Å². The lowest BCUT2D eigenvalue weighted by Crippen LogP contribution is -2.39. The van der Waals surface area contributed by atoms with Crippen LogP contribution in [0.3, 0.4) is 0 Å². The summed E-state index contributed by atoms with van der Waals surface area (Å²) in [5.41, 5.74) is 22.5. The summed E-state index contributed by atoms with van der Waals surface area (Å²) < 4.78 is 125. The van der Waals surface area contributed by atoms with Gasteiger partial charge in [0.25, 0.3) is 0 Å². The van der Waals surface area contributed by atoms with Crippen molar-refractivity contribution in [1.29, 1.82) is 0 Å². The van der Waals surface area contributed by atoms with E-state index in [4.69, 9.17) is 0 Å². The Morgan fingerprint density at radius 2 is 0.372 bits per heavy atom. The van der Waals surface area contributed by atoms with Gasteiger partial charge in [0.1, 0.15) is 40.7 Å². The Balaban J connectivity index is 0.000000135. The Morgan fingerprint density at radius 1 is 0.135 bits per heavy atom. The van der Waals surface area contributed by atoms with Crippen molar-refractivity contribution in [2.24, 2.45) is 0 Å². The van der Waals surface area contributed by atoms with Crippen LogP contribution in [-0.4, -0.2) is 22.2 Å². The fourth-order valence-electron chi connectivity index (χ4n) is 19.1. The van der Waals surface area contributed by atoms with Crippen molar-refractivity contribution in [3.05, 3.63) is 532 Å². The van der Waals surface area contributed by atoms with E-state index < -0.39 is 62.9 Å². The molecular formula is C136H116F8N4. The Morgan fingerprint density at radius 3 is 0.716 bits per heavy atom. The zero-order valence-electron chi connectivity index (χ0n) is 85.0. The third-order valence-electron chi connectivity index (χ3n) is 25.9. The molecule has 0 unspecified atom stereocenters. The predicted octanol–water partition coefficient (Wildman–Crippen LogP) is 39.6. The summed E-state index contributed by atoms with van der Waals surface area (Å²) in [5, 5.41) is 0. The second kappa shape index (κ2) is 45.1. The second-order valence-corrected chi connectivity index (χ2v) is 40.4. The van der Waals surface area contributed by atoms with Crippen LogP contribution in [0.25, 0.3) is 134 Å². The highest BCUT2D eigenvalue weighted by atomic mass is 19.2. The lowest BCUT2D eigenvalue weighted by Gasteiger charge is -2.40. The minimum Gasteiger partial charge on any atom is -0.331 e. The van der Waals surface area contributed by atoms with Crippen LogP contribution in [0.15, 0.2) is 485 Å². The first-order valence-corrected chi connectivity index (χ1v) is 49.7. The maximum atomic E-state index is 16.5. The van der Waals surface area contributed by atoms with Crippen molar-refractivity contribution in [2.45, 2.75) is 105 Å². The summed E-state index contributed by atoms with van der Waals surface area (Å²) in [6.45, 7) is 23.5. The van der Waals surface area contributed by atoms with E-state index in [9.17, 15) is 4.39 Å². The van der Waals surface area contributed by atoms with Gasteiger partial charge in [-0.05, 0) is 291 Å². The largest absolute Gasteiger partial charge is 0.331 e. The van der Waals surface area contributed by atoms with Crippen LogP contribution in [0.4, 0.5) is 80.6 Å². The molecule has 20 rings (SSSR count). The van der Waals surface area contributed by atoms with Gasteiger partial charge in [-0.25, -0.2) is 35.1 Å². The van der Waals surface area contributed by atoms with E-state index in [0.29, 0.717) is 56.6 Å². The number of hydrogen-bond acceptors (Lipinski definition) is 4. The van der Waals surface area contributed by atoms with E-state index in [0.717, 1.165) is 122 Å². The summed E-state index contributed by atoms with van der Waals surface area (Å²) >= 11 is 0. The van der Waals surface area contributed by atoms with Gasteiger partial charge in [-0.3, -0.25) is 0 Å². The highest BCUT2D eigenvalue weighted by molar-refractivity contribution is 5.97. The summed E-state index contributed by atoms with van der Waals surface area (Å²) in [5.74, 6) is -3.16. The third-order valence-corrected chi connectivity index (χ3v) is 25.9. The van der Waals surface area contributed by atoms with Crippen LogP contribution in [0, 0.1) is 46.5 Å². The molecule has 0 saturated heterocycles. The second-order valence-electron chi connectivity index (χ2n) is 40.4. The van der Waals surface area contributed by atoms with E-state index in [1.807, 2.05) is 368 Å². The zero-order chi connectivity index (χ0) is 104. The molecule has 736 valence electrons. The van der Waals surface area contributed by atoms with Crippen molar-refractivity contribution in [1.82, 2.24) is 0 Å². The topological polar surface area (TPSA) is 13.0 Å². The minimum absolute atomic E-state index is 0.334. The molecule has 148 heavy (non-hydrogen) atoms. The molecule has 20 aromatic carbocycles. The Labute approximate surface area is 865 Å². The summed E-state index contributed by atoms with van der Waals surface area (Å²) in [4.78, 5) is 7.05. The van der Waals surface area contributed by atoms with Crippen LogP contribution < -0.4 is 19.6 Å². The molecule has 0 radical (unpaired) electrons. The average Bonchev–Trinajstić information content (AvgIpc) is 0.745. The highest BCUT2D eigenvalue weighted by Crippen LogP contribution is 2.52. The van der Waals surface area contributed by atoms with Crippen molar-refractivity contribution in [2.75, 3.05) is 19.6 Å². The number of benzene rings is 20. The van der Waals surface area contributed by atoms with Crippen LogP contribution in [0.1, 0.15) is 83.1 Å². The summed E-state index contributed by atoms with van der Waals surface area (Å²) in [7, 11) is 0. The molecule has 0 aliphatic carbocycles. The fraction of sp³-hybridized carbons (Fsp3) is 0.118. The van der Waals surface area contributed by atoms with Gasteiger partial charge in [-0.1, -0.05) is 394 Å². The molecular weight excluding hydrogens is 1840 g/mol. The number of rotatable bonds is 20. The van der Waals surface area contributed by atoms with Crippen LogP contribution >= 0.6 is 0 Å². The molecule has 0 fully saturated rings. The first kappa shape index (κ1) is 102. The predicted molar refractivity (Wildman–Crippen MR) is 604 cm³/mol. The Kier molecular flexibility index (Phi) is 31.3. The Bertz CT molecular complexity index is 7850. The van der Waals surface area contributed by atoms with Gasteiger partial charge in [0.15, 0.2) is 5.82 Å². The van der Waals surface area contributed by atoms with Crippen molar-refractivity contribution in [3.8, 4) is 134 Å². The quantitative estimate of drug-likeness (QED) is 0.0705. The molecule has 0 aromatic heterocycles. The first-order valence-electron chi connectivity index (χ1n) is 49.7. The SMILES string of the molecule is CC(C)(C)N(c1ccccc1F)c1c(F)cc(-c2ccc(-c3ccccc3)cc2)cc1-c1ccccc1.CC(C)(C)N(c1ccccc1F)c1c(F)ccc(-c2ccccc2)c1-c1ccc(-c2ccccc2)cc1.CC(C)(C)N(c1ccccc1F)c1cc(-c2ccccc2)c(-c2ccc(-c3ccccc3)cc2)cc1F.CC(C)(C)N(c1ccccc1F)c1cc(-c2ccccc2)cc(-c2ccc(-c3ccccc3)cc2)c1F. The van der Waals surface area contributed by atoms with Crippen LogP contribution in [-0.2, 0) is 0 Å². The van der Waals surface area contributed by atoms with E-state index in [-0.39, 0.29) is 5.82 Å². The van der Waals surface area contributed by atoms with Crippen molar-refractivity contribution in [3.63, 3.8) is 0 Å². The monoisotopic (exact) mass is 1960 g/mol. The number of halogens is 8. The Hall–Kier alpha value is -17.0. The molecule has 0 aliphatic rings. The smallest absolute Gasteiger partial charge is 0.154 e. The lowest BCUT2D eigenvalue weighted by atomic mass is 9.89. The van der Waals surface area contributed by atoms with E-state index >= 15 is 30.7 Å². The molecule has 0 bridgehead atoms. The van der Waals surface area contributed by atoms with E-state index in [2.05, 4.69) is 84.9 Å². The van der Waals surface area contributed by atoms with E-state index in [1.54, 1.807) is 105 Å². The lowest BCUT2D eigenvalue weighted by molar-refractivity contribution is 0.527. The van der Waals surface area contributed by atoms with Crippen molar-refractivity contribution < 1.29 is 35.1 Å². The molecule has 0 aliphatic heterocycles. The van der Waals surface area contributed by atoms with Crippen LogP contribution in [0.5, 0.6) is 0 Å². The molecule has 0 atom stereocenters. The molecule has 0 saturated carbocycles. The minimum atomic E-state index is -0.614. The van der Waals surface area contributed by atoms with Crippen molar-refractivity contribution >= 4 is 45.5 Å². The summed E-state index contributed by atoms with van der Waals surface area (Å²) in [6, 6.07) is 153. The van der Waals surface area contributed by atoms with Gasteiger partial charge in [0.05, 0.1) is 45.5 Å². The highest BCUT2D eigenvalue weighted by Gasteiger charge is 2.37. The van der Waals surface area contributed by atoms with Gasteiger partial charge >= 0.3 is 0 Å². The third kappa shape index (κ3) is 23.5. The van der Waals surface area contributed by atoms with E-state index in [1.165, 1.54) is 30.3 Å². The number of nitrogens with zero attached hydrogens (tertiary/aromatic N) is 4. The van der Waals surface area contributed by atoms with Gasteiger partial charge in [-0.15, -0.1) is 0 Å². The molecule has 4 nitrogen and oxygen atoms in total. The fourth-order valence-corrected chi connectivity index (χ4v) is 19.1. The number of anilines is 8. The maximum absolute atomic E-state index is 16.5.